The first-order valence-corrected chi connectivity index (χ1v) is 14.2. The summed E-state index contributed by atoms with van der Waals surface area (Å²) in [6.45, 7) is 6.78. The van der Waals surface area contributed by atoms with E-state index in [0.29, 0.717) is 6.04 Å². The number of nitrogens with one attached hydrogen (secondary N) is 1. The van der Waals surface area contributed by atoms with E-state index in [2.05, 4.69) is 129 Å². The molecule has 202 valence electrons. The normalized spacial score (nSPS) is 18.0. The molecule has 4 heteroatoms. The maximum absolute atomic E-state index is 6.54. The molecular weight excluding hydrogens is 502 g/mol. The average Bonchev–Trinajstić information content (AvgIpc) is 3.45. The number of hydrogen-bond donors (Lipinski definition) is 1. The van der Waals surface area contributed by atoms with Crippen molar-refractivity contribution in [2.75, 3.05) is 5.01 Å². The van der Waals surface area contributed by atoms with Crippen molar-refractivity contribution in [3.05, 3.63) is 167 Å². The molecule has 7 rings (SSSR count). The number of hydrogen-bond acceptors (Lipinski definition) is 4. The van der Waals surface area contributed by atoms with E-state index in [0.717, 1.165) is 28.4 Å². The molecule has 2 aliphatic rings. The molecule has 1 aliphatic heterocycles. The van der Waals surface area contributed by atoms with Gasteiger partial charge in [0.2, 0.25) is 0 Å². The molecule has 0 radical (unpaired) electrons. The van der Waals surface area contributed by atoms with Gasteiger partial charge in [-0.15, -0.1) is 0 Å². The molecule has 0 fully saturated rings. The minimum Gasteiger partial charge on any atom is -0.457 e. The van der Waals surface area contributed by atoms with Gasteiger partial charge in [-0.25, -0.2) is 5.43 Å². The van der Waals surface area contributed by atoms with E-state index in [9.17, 15) is 0 Å². The summed E-state index contributed by atoms with van der Waals surface area (Å²) in [5.74, 6) is 1.57. The Kier molecular flexibility index (Phi) is 6.02. The molecule has 1 unspecified atom stereocenters. The van der Waals surface area contributed by atoms with Crippen molar-refractivity contribution in [1.29, 1.82) is 0 Å². The third-order valence-electron chi connectivity index (χ3n) is 8.52. The van der Waals surface area contributed by atoms with Gasteiger partial charge in [-0.2, -0.15) is 0 Å². The number of ether oxygens (including phenoxy) is 1. The zero-order valence-corrected chi connectivity index (χ0v) is 23.6. The summed E-state index contributed by atoms with van der Waals surface area (Å²) >= 11 is 0. The van der Waals surface area contributed by atoms with Gasteiger partial charge in [-0.3, -0.25) is 9.99 Å². The molecule has 0 bridgehead atoms. The number of pyridine rings is 1. The predicted molar refractivity (Wildman–Crippen MR) is 165 cm³/mol. The minimum absolute atomic E-state index is 0.157. The summed E-state index contributed by atoms with van der Waals surface area (Å²) in [6, 6.07) is 40.9. The van der Waals surface area contributed by atoms with Gasteiger partial charge in [0.05, 0.1) is 16.8 Å². The molecule has 0 amide bonds. The number of nitrogens with zero attached hydrogens (tertiary/aromatic N) is 2. The molecular formula is C37H33N3O. The zero-order chi connectivity index (χ0) is 28.0. The maximum atomic E-state index is 6.54. The van der Waals surface area contributed by atoms with Crippen molar-refractivity contribution in [3.63, 3.8) is 0 Å². The molecule has 1 aromatic heterocycles. The highest BCUT2D eigenvalue weighted by molar-refractivity contribution is 5.69. The van der Waals surface area contributed by atoms with Crippen LogP contribution in [0, 0.1) is 0 Å². The lowest BCUT2D eigenvalue weighted by Crippen LogP contribution is -2.42. The first kappa shape index (κ1) is 25.3. The molecule has 2 heterocycles. The van der Waals surface area contributed by atoms with Gasteiger partial charge in [0, 0.05) is 29.9 Å². The highest BCUT2D eigenvalue weighted by Crippen LogP contribution is 2.55. The largest absolute Gasteiger partial charge is 0.457 e. The Morgan fingerprint density at radius 1 is 0.707 bits per heavy atom. The molecule has 4 nitrogen and oxygen atoms in total. The first-order chi connectivity index (χ1) is 20.0. The fraction of sp³-hybridized carbons (Fsp3) is 0.162. The average molecular weight is 536 g/mol. The van der Waals surface area contributed by atoms with Crippen molar-refractivity contribution in [1.82, 2.24) is 10.4 Å². The third kappa shape index (κ3) is 4.06. The lowest BCUT2D eigenvalue weighted by molar-refractivity contribution is 0.479. The molecule has 1 N–H and O–H groups in total. The fourth-order valence-electron chi connectivity index (χ4n) is 6.63. The van der Waals surface area contributed by atoms with E-state index in [1.54, 1.807) is 0 Å². The van der Waals surface area contributed by atoms with Gasteiger partial charge in [0.1, 0.15) is 11.5 Å². The van der Waals surface area contributed by atoms with Crippen molar-refractivity contribution >= 4 is 5.69 Å². The fourth-order valence-corrected chi connectivity index (χ4v) is 6.63. The molecule has 1 aliphatic carbocycles. The van der Waals surface area contributed by atoms with E-state index in [1.807, 2.05) is 35.5 Å². The van der Waals surface area contributed by atoms with Crippen LogP contribution in [-0.4, -0.2) is 11.0 Å². The van der Waals surface area contributed by atoms with Crippen LogP contribution in [0.1, 0.15) is 54.3 Å². The highest BCUT2D eigenvalue weighted by Gasteiger charge is 2.49. The van der Waals surface area contributed by atoms with Crippen molar-refractivity contribution in [3.8, 4) is 11.5 Å². The van der Waals surface area contributed by atoms with Gasteiger partial charge in [0.15, 0.2) is 0 Å². The van der Waals surface area contributed by atoms with Gasteiger partial charge in [0.25, 0.3) is 0 Å². The lowest BCUT2D eigenvalue weighted by atomic mass is 9.55. The summed E-state index contributed by atoms with van der Waals surface area (Å²) < 4.78 is 6.54. The maximum Gasteiger partial charge on any atom is 0.129 e. The SMILES string of the molecule is CC1C=CN(c2cccc(Oc3cccc(C4(c5ccccn5)c5ccccc5C(C)(C)c5ccccc54)c3)c2)N1. The predicted octanol–water partition coefficient (Wildman–Crippen LogP) is 8.12. The summed E-state index contributed by atoms with van der Waals surface area (Å²) in [5.41, 5.74) is 10.9. The molecule has 0 spiro atoms. The quantitative estimate of drug-likeness (QED) is 0.247. The Morgan fingerprint density at radius 3 is 1.98 bits per heavy atom. The molecule has 0 saturated heterocycles. The Balaban J connectivity index is 1.40. The highest BCUT2D eigenvalue weighted by atomic mass is 16.5. The Morgan fingerprint density at radius 2 is 1.34 bits per heavy atom. The van der Waals surface area contributed by atoms with Crippen LogP contribution < -0.4 is 15.2 Å². The molecule has 5 aromatic rings. The minimum atomic E-state index is -0.606. The summed E-state index contributed by atoms with van der Waals surface area (Å²) in [7, 11) is 0. The second-order valence-electron chi connectivity index (χ2n) is 11.4. The molecule has 41 heavy (non-hydrogen) atoms. The van der Waals surface area contributed by atoms with E-state index in [4.69, 9.17) is 9.72 Å². The van der Waals surface area contributed by atoms with Crippen molar-refractivity contribution in [2.45, 2.75) is 37.6 Å². The topological polar surface area (TPSA) is 37.4 Å². The number of rotatable bonds is 5. The van der Waals surface area contributed by atoms with Gasteiger partial charge >= 0.3 is 0 Å². The Bertz CT molecular complexity index is 1710. The zero-order valence-electron chi connectivity index (χ0n) is 23.6. The van der Waals surface area contributed by atoms with Gasteiger partial charge in [-0.05, 0) is 77.2 Å². The third-order valence-corrected chi connectivity index (χ3v) is 8.52. The van der Waals surface area contributed by atoms with Crippen LogP contribution in [0.25, 0.3) is 0 Å². The summed E-state index contributed by atoms with van der Waals surface area (Å²) in [5, 5.41) is 2.03. The number of anilines is 1. The first-order valence-electron chi connectivity index (χ1n) is 14.2. The standard InChI is InChI=1S/C37H33N3O/c1-26-21-23-40(39-26)28-13-11-15-30(25-28)41-29-14-10-12-27(24-29)37(35-20-8-9-22-38-35)33-18-6-4-16-31(33)36(2,3)32-17-5-7-19-34(32)37/h4-26,39H,1-3H3. The summed E-state index contributed by atoms with van der Waals surface area (Å²) in [4.78, 5) is 5.01. The lowest BCUT2D eigenvalue weighted by Gasteiger charge is -2.47. The van der Waals surface area contributed by atoms with E-state index in [1.165, 1.54) is 22.3 Å². The van der Waals surface area contributed by atoms with E-state index < -0.39 is 5.41 Å². The Hall–Kier alpha value is -4.67. The number of benzene rings is 4. The molecule has 4 aromatic carbocycles. The monoisotopic (exact) mass is 535 g/mol. The van der Waals surface area contributed by atoms with Gasteiger partial charge < -0.3 is 4.74 Å². The number of aromatic nitrogens is 1. The van der Waals surface area contributed by atoms with Gasteiger partial charge in [-0.1, -0.05) is 86.6 Å². The van der Waals surface area contributed by atoms with Crippen LogP contribution in [-0.2, 0) is 10.8 Å². The van der Waals surface area contributed by atoms with Crippen LogP contribution in [0.3, 0.4) is 0 Å². The van der Waals surface area contributed by atoms with Crippen LogP contribution in [0.5, 0.6) is 11.5 Å². The number of fused-ring (bicyclic) bond motifs is 2. The molecule has 1 atom stereocenters. The van der Waals surface area contributed by atoms with Crippen LogP contribution in [0.15, 0.2) is 134 Å². The smallest absolute Gasteiger partial charge is 0.129 e. The second-order valence-corrected chi connectivity index (χ2v) is 11.4. The van der Waals surface area contributed by atoms with Crippen molar-refractivity contribution < 1.29 is 4.74 Å². The molecule has 0 saturated carbocycles. The summed E-state index contributed by atoms with van der Waals surface area (Å²) in [6.07, 6.45) is 6.09. The Labute approximate surface area is 241 Å². The van der Waals surface area contributed by atoms with E-state index in [-0.39, 0.29) is 5.41 Å². The van der Waals surface area contributed by atoms with Crippen molar-refractivity contribution in [2.24, 2.45) is 0 Å². The number of hydrazine groups is 1. The van der Waals surface area contributed by atoms with Crippen LogP contribution in [0.4, 0.5) is 5.69 Å². The van der Waals surface area contributed by atoms with E-state index >= 15 is 0 Å². The van der Waals surface area contributed by atoms with Crippen LogP contribution >= 0.6 is 0 Å². The second kappa shape index (κ2) is 9.76. The van der Waals surface area contributed by atoms with Crippen LogP contribution in [0.2, 0.25) is 0 Å².